The third kappa shape index (κ3) is 4.38. The van der Waals surface area contributed by atoms with E-state index in [4.69, 9.17) is 9.72 Å². The van der Waals surface area contributed by atoms with Gasteiger partial charge >= 0.3 is 11.7 Å². The summed E-state index contributed by atoms with van der Waals surface area (Å²) in [6, 6.07) is 23.4. The fourth-order valence-corrected chi connectivity index (χ4v) is 4.53. The van der Waals surface area contributed by atoms with Gasteiger partial charge in [-0.25, -0.2) is 23.7 Å². The monoisotopic (exact) mass is 485 g/mol. The van der Waals surface area contributed by atoms with Gasteiger partial charge in [0.1, 0.15) is 11.6 Å². The standard InChI is InChI=1S/C25H19N5O4S/c1-34-24(32)17-11-5-6-12-18(17)26-21(31)15-29-25(33)30-20-14-8-7-13-19(20)27-23(22(30)28-29)35-16-9-3-2-4-10-16/h2-14H,15H2,1H3,(H,26,31). The molecule has 3 aromatic carbocycles. The quantitative estimate of drug-likeness (QED) is 0.366. The van der Waals surface area contributed by atoms with Gasteiger partial charge in [-0.2, -0.15) is 0 Å². The van der Waals surface area contributed by atoms with Crippen molar-refractivity contribution in [2.24, 2.45) is 0 Å². The Morgan fingerprint density at radius 3 is 2.49 bits per heavy atom. The maximum Gasteiger partial charge on any atom is 0.351 e. The molecular formula is C25H19N5O4S. The Bertz CT molecular complexity index is 1630. The van der Waals surface area contributed by atoms with Crippen LogP contribution in [0.2, 0.25) is 0 Å². The van der Waals surface area contributed by atoms with Crippen molar-refractivity contribution in [3.05, 3.63) is 94.9 Å². The highest BCUT2D eigenvalue weighted by Crippen LogP contribution is 2.30. The number of esters is 1. The minimum Gasteiger partial charge on any atom is -0.465 e. The Kier molecular flexibility index (Phi) is 6.02. The molecule has 0 spiro atoms. The topological polar surface area (TPSA) is 108 Å². The number of methoxy groups -OCH3 is 1. The van der Waals surface area contributed by atoms with E-state index in [0.29, 0.717) is 21.7 Å². The van der Waals surface area contributed by atoms with Crippen LogP contribution in [-0.4, -0.2) is 38.2 Å². The average molecular weight is 486 g/mol. The molecule has 1 N–H and O–H groups in total. The number of hydrogen-bond donors (Lipinski definition) is 1. The van der Waals surface area contributed by atoms with Crippen LogP contribution in [0.3, 0.4) is 0 Å². The molecule has 0 atom stereocenters. The molecule has 0 bridgehead atoms. The van der Waals surface area contributed by atoms with E-state index in [9.17, 15) is 14.4 Å². The van der Waals surface area contributed by atoms with Crippen molar-refractivity contribution in [2.75, 3.05) is 12.4 Å². The summed E-state index contributed by atoms with van der Waals surface area (Å²) in [4.78, 5) is 43.8. The summed E-state index contributed by atoms with van der Waals surface area (Å²) in [5.41, 5.74) is 1.61. The molecule has 35 heavy (non-hydrogen) atoms. The number of aromatic nitrogens is 4. The zero-order chi connectivity index (χ0) is 24.4. The number of benzene rings is 3. The van der Waals surface area contributed by atoms with E-state index in [2.05, 4.69) is 10.4 Å². The number of nitrogens with one attached hydrogen (secondary N) is 1. The van der Waals surface area contributed by atoms with Crippen molar-refractivity contribution in [3.8, 4) is 0 Å². The number of anilines is 1. The predicted octanol–water partition coefficient (Wildman–Crippen LogP) is 3.62. The Labute approximate surface area is 203 Å². The molecule has 0 aliphatic heterocycles. The van der Waals surface area contributed by atoms with Crippen LogP contribution in [0, 0.1) is 0 Å². The molecule has 5 rings (SSSR count). The third-order valence-corrected chi connectivity index (χ3v) is 6.21. The zero-order valence-electron chi connectivity index (χ0n) is 18.5. The highest BCUT2D eigenvalue weighted by Gasteiger charge is 2.19. The zero-order valence-corrected chi connectivity index (χ0v) is 19.4. The second-order valence-electron chi connectivity index (χ2n) is 7.51. The number of nitrogens with zero attached hydrogens (tertiary/aromatic N) is 4. The van der Waals surface area contributed by atoms with Gasteiger partial charge < -0.3 is 10.1 Å². The number of para-hydroxylation sites is 3. The SMILES string of the molecule is COC(=O)c1ccccc1NC(=O)Cn1nc2c(Sc3ccccc3)nc3ccccc3n2c1=O. The maximum atomic E-state index is 13.3. The molecule has 0 fully saturated rings. The number of ether oxygens (including phenoxy) is 1. The number of carbonyl (C=O) groups is 2. The minimum absolute atomic E-state index is 0.211. The van der Waals surface area contributed by atoms with E-state index in [-0.39, 0.29) is 17.8 Å². The lowest BCUT2D eigenvalue weighted by molar-refractivity contribution is -0.117. The number of carbonyl (C=O) groups excluding carboxylic acids is 2. The molecule has 0 radical (unpaired) electrons. The number of fused-ring (bicyclic) bond motifs is 3. The van der Waals surface area contributed by atoms with E-state index in [1.54, 1.807) is 30.3 Å². The maximum absolute atomic E-state index is 13.3. The molecule has 0 aliphatic rings. The Balaban J connectivity index is 1.53. The first-order valence-corrected chi connectivity index (χ1v) is 11.4. The lowest BCUT2D eigenvalue weighted by Crippen LogP contribution is -2.28. The predicted molar refractivity (Wildman–Crippen MR) is 132 cm³/mol. The summed E-state index contributed by atoms with van der Waals surface area (Å²) < 4.78 is 7.32. The first-order valence-electron chi connectivity index (χ1n) is 10.6. The van der Waals surface area contributed by atoms with Crippen LogP contribution in [0.15, 0.2) is 93.6 Å². The average Bonchev–Trinajstić information content (AvgIpc) is 3.21. The van der Waals surface area contributed by atoms with E-state index < -0.39 is 17.6 Å². The molecular weight excluding hydrogens is 466 g/mol. The van der Waals surface area contributed by atoms with Gasteiger partial charge in [-0.1, -0.05) is 54.2 Å². The van der Waals surface area contributed by atoms with Gasteiger partial charge in [0.25, 0.3) is 0 Å². The van der Waals surface area contributed by atoms with Crippen LogP contribution in [0.25, 0.3) is 16.7 Å². The van der Waals surface area contributed by atoms with Crippen molar-refractivity contribution >= 4 is 46.0 Å². The first-order chi connectivity index (χ1) is 17.0. The smallest absolute Gasteiger partial charge is 0.351 e. The van der Waals surface area contributed by atoms with E-state index >= 15 is 0 Å². The summed E-state index contributed by atoms with van der Waals surface area (Å²) in [5.74, 6) is -1.09. The summed E-state index contributed by atoms with van der Waals surface area (Å²) in [6.07, 6.45) is 0. The molecule has 0 saturated heterocycles. The van der Waals surface area contributed by atoms with Gasteiger partial charge in [-0.15, -0.1) is 5.10 Å². The van der Waals surface area contributed by atoms with Crippen molar-refractivity contribution in [2.45, 2.75) is 16.5 Å². The van der Waals surface area contributed by atoms with Gasteiger partial charge in [0, 0.05) is 4.90 Å². The van der Waals surface area contributed by atoms with Crippen LogP contribution >= 0.6 is 11.8 Å². The highest BCUT2D eigenvalue weighted by atomic mass is 32.2. The van der Waals surface area contributed by atoms with Crippen LogP contribution in [0.1, 0.15) is 10.4 Å². The largest absolute Gasteiger partial charge is 0.465 e. The van der Waals surface area contributed by atoms with E-state index in [1.165, 1.54) is 23.3 Å². The molecule has 2 aromatic heterocycles. The summed E-state index contributed by atoms with van der Waals surface area (Å²) in [6.45, 7) is -0.347. The Morgan fingerprint density at radius 1 is 0.971 bits per heavy atom. The second kappa shape index (κ2) is 9.43. The van der Waals surface area contributed by atoms with Crippen molar-refractivity contribution in [1.82, 2.24) is 19.2 Å². The van der Waals surface area contributed by atoms with Crippen LogP contribution < -0.4 is 11.0 Å². The first kappa shape index (κ1) is 22.4. The molecule has 0 unspecified atom stereocenters. The van der Waals surface area contributed by atoms with Gasteiger partial charge in [-0.05, 0) is 36.4 Å². The summed E-state index contributed by atoms with van der Waals surface area (Å²) in [5, 5.41) is 7.66. The highest BCUT2D eigenvalue weighted by molar-refractivity contribution is 7.99. The molecule has 1 amide bonds. The normalized spacial score (nSPS) is 11.0. The van der Waals surface area contributed by atoms with Gasteiger partial charge in [0.05, 0.1) is 29.4 Å². The second-order valence-corrected chi connectivity index (χ2v) is 8.57. The lowest BCUT2D eigenvalue weighted by Gasteiger charge is -2.09. The van der Waals surface area contributed by atoms with Crippen molar-refractivity contribution in [3.63, 3.8) is 0 Å². The molecule has 0 aliphatic carbocycles. The molecule has 174 valence electrons. The summed E-state index contributed by atoms with van der Waals surface area (Å²) >= 11 is 1.38. The molecule has 2 heterocycles. The fraction of sp³-hybridized carbons (Fsp3) is 0.0800. The Morgan fingerprint density at radius 2 is 1.69 bits per heavy atom. The lowest BCUT2D eigenvalue weighted by atomic mass is 10.2. The fourth-order valence-electron chi connectivity index (χ4n) is 3.65. The van der Waals surface area contributed by atoms with Gasteiger partial charge in [-0.3, -0.25) is 4.79 Å². The summed E-state index contributed by atoms with van der Waals surface area (Å²) in [7, 11) is 1.26. The van der Waals surface area contributed by atoms with E-state index in [0.717, 1.165) is 9.58 Å². The molecule has 0 saturated carbocycles. The van der Waals surface area contributed by atoms with Crippen LogP contribution in [0.4, 0.5) is 5.69 Å². The van der Waals surface area contributed by atoms with Crippen molar-refractivity contribution < 1.29 is 14.3 Å². The third-order valence-electron chi connectivity index (χ3n) is 5.23. The van der Waals surface area contributed by atoms with E-state index in [1.807, 2.05) is 48.5 Å². The number of amides is 1. The molecule has 10 heteroatoms. The Hall–Kier alpha value is -4.44. The van der Waals surface area contributed by atoms with Crippen LogP contribution in [0.5, 0.6) is 0 Å². The minimum atomic E-state index is -0.578. The van der Waals surface area contributed by atoms with Crippen molar-refractivity contribution in [1.29, 1.82) is 0 Å². The van der Waals surface area contributed by atoms with Crippen LogP contribution in [-0.2, 0) is 16.1 Å². The van der Waals surface area contributed by atoms with Gasteiger partial charge in [0.15, 0.2) is 5.65 Å². The number of hydrogen-bond acceptors (Lipinski definition) is 7. The molecule has 9 nitrogen and oxygen atoms in total. The molecule has 5 aromatic rings. The van der Waals surface area contributed by atoms with Gasteiger partial charge in [0.2, 0.25) is 5.91 Å². The number of rotatable bonds is 6.